The van der Waals surface area contributed by atoms with Gasteiger partial charge >= 0.3 is 0 Å². The molecular formula is C33H43FN4O4S. The second-order valence-corrected chi connectivity index (χ2v) is 13.9. The molecule has 2 aromatic heterocycles. The van der Waals surface area contributed by atoms with Gasteiger partial charge in [-0.1, -0.05) is 20.8 Å². The maximum absolute atomic E-state index is 14.7. The van der Waals surface area contributed by atoms with Crippen LogP contribution in [0.15, 0.2) is 42.0 Å². The summed E-state index contributed by atoms with van der Waals surface area (Å²) in [5.41, 5.74) is 3.36. The minimum atomic E-state index is -0.952. The number of rotatable bonds is 12. The number of hydrogen-bond acceptors (Lipinski definition) is 8. The molecule has 8 nitrogen and oxygen atoms in total. The van der Waals surface area contributed by atoms with Gasteiger partial charge in [-0.15, -0.1) is 11.3 Å². The highest BCUT2D eigenvalue weighted by Crippen LogP contribution is 2.48. The predicted molar refractivity (Wildman–Crippen MR) is 166 cm³/mol. The van der Waals surface area contributed by atoms with E-state index in [4.69, 9.17) is 14.5 Å². The predicted octanol–water partition coefficient (Wildman–Crippen LogP) is 5.39. The summed E-state index contributed by atoms with van der Waals surface area (Å²) < 4.78 is 26.4. The van der Waals surface area contributed by atoms with Crippen LogP contribution in [0.1, 0.15) is 76.1 Å². The van der Waals surface area contributed by atoms with Crippen LogP contribution in [0.2, 0.25) is 0 Å². The van der Waals surface area contributed by atoms with Gasteiger partial charge in [0.15, 0.2) is 0 Å². The molecule has 0 radical (unpaired) electrons. The molecule has 1 spiro atoms. The summed E-state index contributed by atoms with van der Waals surface area (Å²) >= 11 is 1.43. The first-order chi connectivity index (χ1) is 20.5. The van der Waals surface area contributed by atoms with Crippen LogP contribution in [0.25, 0.3) is 10.6 Å². The molecule has 5 rings (SSSR count). The molecule has 1 aliphatic heterocycles. The molecule has 1 unspecified atom stereocenters. The van der Waals surface area contributed by atoms with E-state index in [1.54, 1.807) is 6.20 Å². The fraction of sp³-hybridized carbons (Fsp3) is 0.545. The summed E-state index contributed by atoms with van der Waals surface area (Å²) in [6.45, 7) is 8.94. The Morgan fingerprint density at radius 3 is 2.72 bits per heavy atom. The summed E-state index contributed by atoms with van der Waals surface area (Å²) in [5, 5.41) is 20.6. The number of fused-ring (bicyclic) bond motifs is 1. The highest BCUT2D eigenvalue weighted by Gasteiger charge is 2.46. The van der Waals surface area contributed by atoms with Crippen LogP contribution >= 0.6 is 11.3 Å². The number of benzene rings is 1. The van der Waals surface area contributed by atoms with E-state index in [1.807, 2.05) is 24.6 Å². The minimum Gasteiger partial charge on any atom is -0.471 e. The number of thiazole rings is 1. The van der Waals surface area contributed by atoms with Crippen molar-refractivity contribution in [2.24, 2.45) is 5.41 Å². The molecule has 1 aromatic carbocycles. The highest BCUT2D eigenvalue weighted by molar-refractivity contribution is 7.13. The van der Waals surface area contributed by atoms with Crippen molar-refractivity contribution < 1.29 is 23.8 Å². The van der Waals surface area contributed by atoms with Crippen LogP contribution in [0.3, 0.4) is 0 Å². The van der Waals surface area contributed by atoms with Gasteiger partial charge in [-0.05, 0) is 79.8 Å². The monoisotopic (exact) mass is 610 g/mol. The number of pyridine rings is 1. The van der Waals surface area contributed by atoms with Crippen LogP contribution in [0.4, 0.5) is 4.39 Å². The third-order valence-corrected chi connectivity index (χ3v) is 8.94. The van der Waals surface area contributed by atoms with Gasteiger partial charge in [-0.2, -0.15) is 0 Å². The molecule has 1 aliphatic carbocycles. The largest absolute Gasteiger partial charge is 0.471 e. The van der Waals surface area contributed by atoms with Crippen molar-refractivity contribution in [3.8, 4) is 16.5 Å². The average Bonchev–Trinajstić information content (AvgIpc) is 3.47. The fourth-order valence-electron chi connectivity index (χ4n) is 5.99. The fourth-order valence-corrected chi connectivity index (χ4v) is 6.62. The molecule has 43 heavy (non-hydrogen) atoms. The van der Waals surface area contributed by atoms with Crippen LogP contribution in [0, 0.1) is 11.2 Å². The van der Waals surface area contributed by atoms with Crippen molar-refractivity contribution in [3.05, 3.63) is 64.5 Å². The van der Waals surface area contributed by atoms with Crippen molar-refractivity contribution >= 4 is 17.2 Å². The first-order valence-corrected chi connectivity index (χ1v) is 16.1. The maximum Gasteiger partial charge on any atom is 0.246 e. The van der Waals surface area contributed by atoms with Gasteiger partial charge in [0.25, 0.3) is 0 Å². The number of carbonyl (C=O) groups is 1. The molecule has 1 amide bonds. The smallest absolute Gasteiger partial charge is 0.246 e. The lowest BCUT2D eigenvalue weighted by Gasteiger charge is -2.47. The normalized spacial score (nSPS) is 18.8. The molecular weight excluding hydrogens is 567 g/mol. The second-order valence-electron chi connectivity index (χ2n) is 13.0. The lowest BCUT2D eigenvalue weighted by atomic mass is 9.73. The second kappa shape index (κ2) is 13.4. The van der Waals surface area contributed by atoms with Crippen molar-refractivity contribution in [1.82, 2.24) is 20.6 Å². The summed E-state index contributed by atoms with van der Waals surface area (Å²) in [7, 11) is 0. The number of aliphatic hydroxyl groups is 1. The maximum atomic E-state index is 14.7. The zero-order valence-corrected chi connectivity index (χ0v) is 26.3. The van der Waals surface area contributed by atoms with E-state index in [9.17, 15) is 14.3 Å². The Bertz CT molecular complexity index is 1390. The van der Waals surface area contributed by atoms with E-state index in [0.29, 0.717) is 28.6 Å². The van der Waals surface area contributed by atoms with E-state index in [-0.39, 0.29) is 42.5 Å². The van der Waals surface area contributed by atoms with Gasteiger partial charge in [0, 0.05) is 54.5 Å². The van der Waals surface area contributed by atoms with Crippen LogP contribution < -0.4 is 15.4 Å². The number of nitrogens with zero attached hydrogens (tertiary/aromatic N) is 2. The van der Waals surface area contributed by atoms with E-state index in [2.05, 4.69) is 42.5 Å². The Morgan fingerprint density at radius 2 is 2.05 bits per heavy atom. The molecule has 3 heterocycles. The number of aliphatic hydroxyl groups excluding tert-OH is 1. The molecule has 1 fully saturated rings. The molecule has 3 atom stereocenters. The van der Waals surface area contributed by atoms with Crippen molar-refractivity contribution in [2.45, 2.75) is 90.0 Å². The van der Waals surface area contributed by atoms with E-state index >= 15 is 0 Å². The summed E-state index contributed by atoms with van der Waals surface area (Å²) in [6, 6.07) is 6.20. The van der Waals surface area contributed by atoms with Gasteiger partial charge in [-0.3, -0.25) is 4.79 Å². The Hall–Kier alpha value is -2.92. The first kappa shape index (κ1) is 31.5. The SMILES string of the molecule is CCOCC(=O)NC(Cc1cc(F)cc(-c2nccs2)c1)[C@H](O)CN[C@H]1CC2(CCC2)Oc2ncc(CC(C)(C)C)cc21. The molecule has 232 valence electrons. The third-order valence-electron chi connectivity index (χ3n) is 8.11. The minimum absolute atomic E-state index is 0.0587. The molecule has 3 aromatic rings. The van der Waals surface area contributed by atoms with E-state index in [1.165, 1.54) is 23.5 Å². The standard InChI is InChI=1S/C33H43FN4O4S/c1-5-41-20-29(40)38-26(14-21-11-23(15-24(34)12-21)31-35-9-10-43-31)28(39)19-36-27-17-33(7-6-8-33)42-30-25(27)13-22(18-37-30)16-32(2,3)4/h9-13,15,18,26-28,36,39H,5-8,14,16-17,19-20H2,1-4H3,(H,38,40)/t26?,27-,28+/m0/s1. The number of halogens is 1. The molecule has 2 aliphatic rings. The van der Waals surface area contributed by atoms with Gasteiger partial charge in [-0.25, -0.2) is 14.4 Å². The van der Waals surface area contributed by atoms with E-state index < -0.39 is 18.0 Å². The zero-order chi connectivity index (χ0) is 30.6. The van der Waals surface area contributed by atoms with Crippen molar-refractivity contribution in [3.63, 3.8) is 0 Å². The lowest BCUT2D eigenvalue weighted by molar-refractivity contribution is -0.127. The summed E-state index contributed by atoms with van der Waals surface area (Å²) in [6.07, 6.45) is 7.64. The zero-order valence-electron chi connectivity index (χ0n) is 25.5. The Kier molecular flexibility index (Phi) is 9.80. The highest BCUT2D eigenvalue weighted by atomic mass is 32.1. The molecule has 1 saturated carbocycles. The number of hydrogen-bond donors (Lipinski definition) is 3. The topological polar surface area (TPSA) is 106 Å². The number of aromatic nitrogens is 2. The molecule has 3 N–H and O–H groups in total. The third kappa shape index (κ3) is 8.17. The van der Waals surface area contributed by atoms with Crippen LogP contribution in [-0.4, -0.2) is 58.5 Å². The Morgan fingerprint density at radius 1 is 1.23 bits per heavy atom. The number of amides is 1. The Balaban J connectivity index is 1.35. The van der Waals surface area contributed by atoms with Crippen molar-refractivity contribution in [1.29, 1.82) is 0 Å². The summed E-state index contributed by atoms with van der Waals surface area (Å²) in [4.78, 5) is 21.7. The van der Waals surface area contributed by atoms with Gasteiger partial charge < -0.3 is 25.2 Å². The number of nitrogens with one attached hydrogen (secondary N) is 2. The first-order valence-electron chi connectivity index (χ1n) is 15.2. The number of carbonyl (C=O) groups excluding carboxylic acids is 1. The van der Waals surface area contributed by atoms with E-state index in [0.717, 1.165) is 43.2 Å². The molecule has 0 bridgehead atoms. The average molecular weight is 611 g/mol. The lowest BCUT2D eigenvalue weighted by Crippen LogP contribution is -2.52. The quantitative estimate of drug-likeness (QED) is 0.252. The van der Waals surface area contributed by atoms with Gasteiger partial charge in [0.2, 0.25) is 11.8 Å². The van der Waals surface area contributed by atoms with Crippen LogP contribution in [0.5, 0.6) is 5.88 Å². The number of ether oxygens (including phenoxy) is 2. The van der Waals surface area contributed by atoms with Gasteiger partial charge in [0.1, 0.15) is 23.0 Å². The van der Waals surface area contributed by atoms with Gasteiger partial charge in [0.05, 0.1) is 12.1 Å². The molecule has 10 heteroatoms. The summed E-state index contributed by atoms with van der Waals surface area (Å²) in [5.74, 6) is -0.0622. The van der Waals surface area contributed by atoms with Crippen molar-refractivity contribution in [2.75, 3.05) is 19.8 Å². The van der Waals surface area contributed by atoms with Crippen LogP contribution in [-0.2, 0) is 22.4 Å². The molecule has 0 saturated heterocycles. The Labute approximate surface area is 257 Å².